The summed E-state index contributed by atoms with van der Waals surface area (Å²) in [5, 5.41) is 11.1. The molecule has 4 N–H and O–H groups in total. The summed E-state index contributed by atoms with van der Waals surface area (Å²) in [4.78, 5) is 25.9. The van der Waals surface area contributed by atoms with Crippen LogP contribution in [0.5, 0.6) is 0 Å². The van der Waals surface area contributed by atoms with Gasteiger partial charge in [0.2, 0.25) is 5.91 Å². The number of rotatable bonds is 13. The SMILES string of the molecule is CN(C)CCC(=O)O.Cc1ccccc1-n1c(-c2ccc(Br)cc2)ccc1-c1ccc(NC(=O)CCN(C)C)cc1.Cc1ccccc1-n1c(-c2ccc(N)cc2)ccc1-c1ccc(Br)cc1. The first kappa shape index (κ1) is 49.9. The number of anilines is 2. The van der Waals surface area contributed by atoms with Gasteiger partial charge in [0, 0.05) is 51.2 Å². The molecule has 0 spiro atoms. The lowest BCUT2D eigenvalue weighted by atomic mass is 10.1. The highest BCUT2D eigenvalue weighted by Crippen LogP contribution is 2.36. The Morgan fingerprint density at radius 2 is 0.851 bits per heavy atom. The minimum atomic E-state index is -0.737. The third-order valence-corrected chi connectivity index (χ3v) is 12.0. The zero-order valence-corrected chi connectivity index (χ0v) is 42.1. The number of nitrogens with zero attached hydrogens (tertiary/aromatic N) is 4. The predicted molar refractivity (Wildman–Crippen MR) is 285 cm³/mol. The summed E-state index contributed by atoms with van der Waals surface area (Å²) in [7, 11) is 7.63. The number of carbonyl (C=O) groups excluding carboxylic acids is 1. The quantitative estimate of drug-likeness (QED) is 0.0993. The van der Waals surface area contributed by atoms with Crippen LogP contribution in [0.25, 0.3) is 56.4 Å². The van der Waals surface area contributed by atoms with Crippen molar-refractivity contribution in [2.24, 2.45) is 0 Å². The number of carboxylic acids is 1. The topological polar surface area (TPSA) is 109 Å². The zero-order chi connectivity index (χ0) is 48.0. The van der Waals surface area contributed by atoms with Gasteiger partial charge in [-0.1, -0.05) is 117 Å². The number of hydrogen-bond acceptors (Lipinski definition) is 5. The molecule has 2 heterocycles. The fourth-order valence-corrected chi connectivity index (χ4v) is 7.94. The number of nitrogens with one attached hydrogen (secondary N) is 1. The number of carbonyl (C=O) groups is 2. The van der Waals surface area contributed by atoms with Crippen molar-refractivity contribution >= 4 is 55.1 Å². The maximum Gasteiger partial charge on any atom is 0.304 e. The largest absolute Gasteiger partial charge is 0.481 e. The number of carboxylic acid groups (broad SMARTS) is 1. The fourth-order valence-electron chi connectivity index (χ4n) is 7.41. The van der Waals surface area contributed by atoms with Crippen LogP contribution in [-0.2, 0) is 9.59 Å². The standard InChI is InChI=1S/C28H28BrN3O.C23H19BrN2.C5H11NO2/c1-20-6-4-5-7-25(20)32-26(21-8-12-23(29)13-9-21)16-17-27(32)22-10-14-24(15-11-22)30-28(33)18-19-31(2)3;1-16-4-2-3-5-21(16)26-22(17-6-10-19(24)11-7-17)14-15-23(26)18-8-12-20(25)13-9-18;1-6(2)4-3-5(7)8/h4-17H,18-19H2,1-3H3,(H,30,33);2-15H,25H2,1H3;3-4H2,1-2H3,(H,7,8). The van der Waals surface area contributed by atoms with Gasteiger partial charge in [0.15, 0.2) is 0 Å². The van der Waals surface area contributed by atoms with Gasteiger partial charge in [-0.15, -0.1) is 0 Å². The number of nitrogen functional groups attached to an aromatic ring is 1. The Hall–Kier alpha value is -6.50. The fraction of sp³-hybridized carbons (Fsp3) is 0.179. The van der Waals surface area contributed by atoms with Crippen molar-refractivity contribution in [2.75, 3.05) is 52.3 Å². The first-order valence-electron chi connectivity index (χ1n) is 22.0. The Morgan fingerprint density at radius 1 is 0.507 bits per heavy atom. The Kier molecular flexibility index (Phi) is 17.7. The van der Waals surface area contributed by atoms with Gasteiger partial charge < -0.3 is 35.1 Å². The average Bonchev–Trinajstić information content (AvgIpc) is 3.95. The van der Waals surface area contributed by atoms with E-state index >= 15 is 0 Å². The van der Waals surface area contributed by atoms with Crippen LogP contribution >= 0.6 is 31.9 Å². The van der Waals surface area contributed by atoms with E-state index in [2.05, 4.69) is 206 Å². The summed E-state index contributed by atoms with van der Waals surface area (Å²) < 4.78 is 6.77. The van der Waals surface area contributed by atoms with Crippen LogP contribution in [0.2, 0.25) is 0 Å². The van der Waals surface area contributed by atoms with E-state index in [1.165, 1.54) is 28.1 Å². The molecule has 0 saturated carbocycles. The minimum absolute atomic E-state index is 0.0252. The highest BCUT2D eigenvalue weighted by molar-refractivity contribution is 9.10. The van der Waals surface area contributed by atoms with Crippen LogP contribution in [0.15, 0.2) is 179 Å². The number of benzene rings is 6. The highest BCUT2D eigenvalue weighted by atomic mass is 79.9. The molecule has 8 aromatic rings. The summed E-state index contributed by atoms with van der Waals surface area (Å²) in [5.74, 6) is -0.712. The van der Waals surface area contributed by atoms with Gasteiger partial charge in [0.05, 0.1) is 29.2 Å². The van der Waals surface area contributed by atoms with Crippen LogP contribution in [0.4, 0.5) is 11.4 Å². The molecular weight excluding hydrogens is 964 g/mol. The number of amides is 1. The first-order valence-corrected chi connectivity index (χ1v) is 23.6. The van der Waals surface area contributed by atoms with E-state index in [4.69, 9.17) is 10.8 Å². The second kappa shape index (κ2) is 23.8. The Bertz CT molecular complexity index is 2800. The summed E-state index contributed by atoms with van der Waals surface area (Å²) in [6.07, 6.45) is 0.703. The van der Waals surface area contributed by atoms with Crippen molar-refractivity contribution in [2.45, 2.75) is 26.7 Å². The lowest BCUT2D eigenvalue weighted by Crippen LogP contribution is -2.20. The van der Waals surface area contributed by atoms with E-state index < -0.39 is 5.97 Å². The normalized spacial score (nSPS) is 10.8. The van der Waals surface area contributed by atoms with Gasteiger partial charge in [-0.25, -0.2) is 0 Å². The van der Waals surface area contributed by atoms with Crippen molar-refractivity contribution in [1.82, 2.24) is 18.9 Å². The molecule has 0 unspecified atom stereocenters. The van der Waals surface area contributed by atoms with Crippen LogP contribution in [0.3, 0.4) is 0 Å². The predicted octanol–water partition coefficient (Wildman–Crippen LogP) is 13.3. The summed E-state index contributed by atoms with van der Waals surface area (Å²) in [6, 6.07) is 58.5. The Balaban J connectivity index is 0.000000194. The van der Waals surface area contributed by atoms with Crippen molar-refractivity contribution in [3.63, 3.8) is 0 Å². The van der Waals surface area contributed by atoms with Gasteiger partial charge in [0.1, 0.15) is 0 Å². The molecule has 1 amide bonds. The number of nitrogens with two attached hydrogens (primary N) is 1. The molecular formula is C56H58Br2N6O3. The van der Waals surface area contributed by atoms with E-state index in [9.17, 15) is 9.59 Å². The molecule has 0 atom stereocenters. The first-order chi connectivity index (χ1) is 32.2. The molecule has 344 valence electrons. The van der Waals surface area contributed by atoms with Crippen molar-refractivity contribution in [3.05, 3.63) is 190 Å². The third kappa shape index (κ3) is 13.8. The van der Waals surface area contributed by atoms with Gasteiger partial charge in [-0.3, -0.25) is 9.59 Å². The van der Waals surface area contributed by atoms with E-state index in [1.807, 2.05) is 62.3 Å². The molecule has 0 fully saturated rings. The highest BCUT2D eigenvalue weighted by Gasteiger charge is 2.17. The van der Waals surface area contributed by atoms with Crippen molar-refractivity contribution < 1.29 is 14.7 Å². The van der Waals surface area contributed by atoms with Crippen LogP contribution in [-0.4, -0.2) is 77.2 Å². The van der Waals surface area contributed by atoms with Gasteiger partial charge in [0.25, 0.3) is 0 Å². The number of para-hydroxylation sites is 2. The van der Waals surface area contributed by atoms with Crippen LogP contribution in [0.1, 0.15) is 24.0 Å². The van der Waals surface area contributed by atoms with E-state index in [1.54, 1.807) is 0 Å². The number of aryl methyl sites for hydroxylation is 2. The molecule has 9 nitrogen and oxygen atoms in total. The molecule has 0 aliphatic carbocycles. The maximum atomic E-state index is 12.2. The molecule has 0 radical (unpaired) electrons. The number of aromatic nitrogens is 2. The van der Waals surface area contributed by atoms with E-state index in [-0.39, 0.29) is 12.3 Å². The molecule has 11 heteroatoms. The summed E-state index contributed by atoms with van der Waals surface area (Å²) in [5.41, 5.74) is 21.4. The van der Waals surface area contributed by atoms with Crippen LogP contribution in [0, 0.1) is 13.8 Å². The van der Waals surface area contributed by atoms with Gasteiger partial charge >= 0.3 is 5.97 Å². The zero-order valence-electron chi connectivity index (χ0n) is 38.9. The smallest absolute Gasteiger partial charge is 0.304 e. The number of halogens is 2. The van der Waals surface area contributed by atoms with Crippen molar-refractivity contribution in [1.29, 1.82) is 0 Å². The Labute approximate surface area is 411 Å². The van der Waals surface area contributed by atoms with Gasteiger partial charge in [-0.2, -0.15) is 0 Å². The van der Waals surface area contributed by atoms with Crippen LogP contribution < -0.4 is 11.1 Å². The molecule has 0 aliphatic rings. The minimum Gasteiger partial charge on any atom is -0.481 e. The number of hydrogen-bond donors (Lipinski definition) is 3. The molecule has 67 heavy (non-hydrogen) atoms. The second-order valence-electron chi connectivity index (χ2n) is 16.7. The maximum absolute atomic E-state index is 12.2. The monoisotopic (exact) mass is 1020 g/mol. The average molecular weight is 1020 g/mol. The lowest BCUT2D eigenvalue weighted by Gasteiger charge is -2.17. The summed E-state index contributed by atoms with van der Waals surface area (Å²) in [6.45, 7) is 5.63. The number of aliphatic carboxylic acids is 1. The molecule has 0 saturated heterocycles. The molecule has 0 aliphatic heterocycles. The molecule has 2 aromatic heterocycles. The van der Waals surface area contributed by atoms with E-state index in [0.29, 0.717) is 13.0 Å². The molecule has 6 aromatic carbocycles. The van der Waals surface area contributed by atoms with E-state index in [0.717, 1.165) is 66.3 Å². The molecule has 8 rings (SSSR count). The lowest BCUT2D eigenvalue weighted by molar-refractivity contribution is -0.137. The molecule has 0 bridgehead atoms. The Morgan fingerprint density at radius 3 is 1.19 bits per heavy atom. The van der Waals surface area contributed by atoms with Crippen molar-refractivity contribution in [3.8, 4) is 56.4 Å². The second-order valence-corrected chi connectivity index (χ2v) is 18.5. The summed E-state index contributed by atoms with van der Waals surface area (Å²) >= 11 is 7.06. The third-order valence-electron chi connectivity index (χ3n) is 11.0. The van der Waals surface area contributed by atoms with Gasteiger partial charge in [-0.05, 0) is 160 Å².